The Kier molecular flexibility index (Phi) is 12.0. The van der Waals surface area contributed by atoms with E-state index in [2.05, 4.69) is 115 Å². The minimum Gasteiger partial charge on any atom is -0.273 e. The van der Waals surface area contributed by atoms with Crippen molar-refractivity contribution in [2.45, 2.75) is 32.6 Å². The first-order chi connectivity index (χ1) is 17.3. The van der Waals surface area contributed by atoms with Gasteiger partial charge in [0.05, 0.1) is 0 Å². The molecule has 0 saturated carbocycles. The Balaban J connectivity index is 0.000000150. The SMILES string of the molecule is C[CH]=[Ti+2].[C-]1=CC=CC1.[c-]1cccc2c1Cc1ccccc1-2.c1ccc(CCc2ccccc2)cc1. The predicted molar refractivity (Wildman–Crippen MR) is 147 cm³/mol. The van der Waals surface area contributed by atoms with Crippen LogP contribution < -0.4 is 0 Å². The zero-order valence-electron chi connectivity index (χ0n) is 20.5. The van der Waals surface area contributed by atoms with Gasteiger partial charge in [-0.3, -0.25) is 6.08 Å². The van der Waals surface area contributed by atoms with Crippen LogP contribution >= 0.6 is 0 Å². The molecular formula is C34H32Ti. The Hall–Kier alpha value is -3.06. The van der Waals surface area contributed by atoms with Crippen molar-refractivity contribution in [3.63, 3.8) is 0 Å². The Bertz CT molecular complexity index is 1110. The van der Waals surface area contributed by atoms with Gasteiger partial charge < -0.3 is 0 Å². The van der Waals surface area contributed by atoms with Crippen molar-refractivity contribution in [3.05, 3.63) is 156 Å². The third kappa shape index (κ3) is 9.25. The zero-order valence-corrected chi connectivity index (χ0v) is 22.0. The van der Waals surface area contributed by atoms with E-state index in [-0.39, 0.29) is 0 Å². The van der Waals surface area contributed by atoms with Crippen LogP contribution in [0.3, 0.4) is 0 Å². The second-order valence-corrected chi connectivity index (χ2v) is 9.06. The maximum Gasteiger partial charge on any atom is -0.0238 e. The Morgan fingerprint density at radius 2 is 1.31 bits per heavy atom. The van der Waals surface area contributed by atoms with E-state index >= 15 is 0 Å². The Morgan fingerprint density at radius 3 is 1.86 bits per heavy atom. The van der Waals surface area contributed by atoms with Crippen LogP contribution in [0.25, 0.3) is 11.1 Å². The molecule has 0 aromatic heterocycles. The van der Waals surface area contributed by atoms with Crippen LogP contribution in [0.4, 0.5) is 0 Å². The molecule has 0 spiro atoms. The second-order valence-electron chi connectivity index (χ2n) is 8.16. The maximum absolute atomic E-state index is 3.30. The van der Waals surface area contributed by atoms with Crippen LogP contribution in [0.1, 0.15) is 35.6 Å². The topological polar surface area (TPSA) is 0 Å². The van der Waals surface area contributed by atoms with Gasteiger partial charge in [0.15, 0.2) is 0 Å². The van der Waals surface area contributed by atoms with Crippen molar-refractivity contribution in [3.8, 4) is 11.1 Å². The molecule has 172 valence electrons. The summed E-state index contributed by atoms with van der Waals surface area (Å²) in [4.78, 5) is 0. The van der Waals surface area contributed by atoms with E-state index in [0.717, 1.165) is 25.7 Å². The van der Waals surface area contributed by atoms with E-state index in [9.17, 15) is 0 Å². The van der Waals surface area contributed by atoms with Crippen LogP contribution in [0.15, 0.2) is 121 Å². The fourth-order valence-electron chi connectivity index (χ4n) is 3.92. The summed E-state index contributed by atoms with van der Waals surface area (Å²) in [7, 11) is 0. The molecule has 0 unspecified atom stereocenters. The van der Waals surface area contributed by atoms with Gasteiger partial charge in [0, 0.05) is 0 Å². The quantitative estimate of drug-likeness (QED) is 0.177. The van der Waals surface area contributed by atoms with E-state index in [1.807, 2.05) is 49.4 Å². The van der Waals surface area contributed by atoms with Crippen molar-refractivity contribution in [2.75, 3.05) is 0 Å². The molecule has 0 N–H and O–H groups in total. The fraction of sp³-hybridized carbons (Fsp3) is 0.147. The molecule has 35 heavy (non-hydrogen) atoms. The number of hydrogen-bond acceptors (Lipinski definition) is 0. The average molecular weight is 488 g/mol. The van der Waals surface area contributed by atoms with Gasteiger partial charge in [0.1, 0.15) is 0 Å². The summed E-state index contributed by atoms with van der Waals surface area (Å²) in [5.74, 6) is 0. The molecule has 0 nitrogen and oxygen atoms in total. The number of benzene rings is 4. The first-order valence-corrected chi connectivity index (χ1v) is 13.0. The van der Waals surface area contributed by atoms with E-state index < -0.39 is 0 Å². The van der Waals surface area contributed by atoms with Crippen LogP contribution in [0.5, 0.6) is 0 Å². The predicted octanol–water partition coefficient (Wildman–Crippen LogP) is 8.19. The van der Waals surface area contributed by atoms with Crippen molar-refractivity contribution in [1.29, 1.82) is 0 Å². The smallest absolute Gasteiger partial charge is 0.0238 e. The standard InChI is InChI=1S/C14H14.C13H9.C5H5.C2H4.Ti/c1-3-7-13(8-4-1)11-12-14-9-5-2-6-10-14;1-3-7-12-10(5-1)9-11-6-2-4-8-13(11)12;1-2-4-5-3-1;1-2;/h1-10H,11-12H2;1-5,7-8H,9H2;1-3H,4H2;1H,2H3;/q;2*-1;;+2. The molecule has 2 aliphatic carbocycles. The zero-order chi connectivity index (χ0) is 24.6. The van der Waals surface area contributed by atoms with Crippen LogP contribution in [-0.4, -0.2) is 4.31 Å². The number of fused-ring (bicyclic) bond motifs is 3. The van der Waals surface area contributed by atoms with Gasteiger partial charge in [-0.05, 0) is 30.4 Å². The summed E-state index contributed by atoms with van der Waals surface area (Å²) >= 11 is 2.00. The molecule has 0 radical (unpaired) electrons. The van der Waals surface area contributed by atoms with Gasteiger partial charge >= 0.3 is 31.2 Å². The minimum absolute atomic E-state index is 1.01. The summed E-state index contributed by atoms with van der Waals surface area (Å²) in [6.07, 6.45) is 13.3. The summed E-state index contributed by atoms with van der Waals surface area (Å²) in [5, 5.41) is 0. The van der Waals surface area contributed by atoms with Gasteiger partial charge in [-0.25, -0.2) is 12.2 Å². The number of rotatable bonds is 3. The van der Waals surface area contributed by atoms with Gasteiger partial charge in [0.25, 0.3) is 0 Å². The molecule has 0 amide bonds. The van der Waals surface area contributed by atoms with E-state index in [0.29, 0.717) is 0 Å². The first kappa shape index (κ1) is 26.5. The van der Waals surface area contributed by atoms with E-state index in [4.69, 9.17) is 0 Å². The molecule has 0 fully saturated rings. The van der Waals surface area contributed by atoms with E-state index in [1.54, 1.807) is 0 Å². The molecule has 6 rings (SSSR count). The molecule has 0 heterocycles. The number of allylic oxidation sites excluding steroid dienone is 4. The maximum atomic E-state index is 3.30. The normalized spacial score (nSPS) is 11.5. The molecule has 0 bridgehead atoms. The molecule has 0 aliphatic heterocycles. The van der Waals surface area contributed by atoms with Gasteiger partial charge in [-0.2, -0.15) is 35.9 Å². The van der Waals surface area contributed by atoms with Crippen molar-refractivity contribution < 1.29 is 20.0 Å². The molecule has 0 atom stereocenters. The summed E-state index contributed by atoms with van der Waals surface area (Å²) in [6.45, 7) is 2.00. The molecular weight excluding hydrogens is 456 g/mol. The summed E-state index contributed by atoms with van der Waals surface area (Å²) in [6, 6.07) is 39.4. The molecule has 4 aromatic carbocycles. The van der Waals surface area contributed by atoms with Gasteiger partial charge in [0.2, 0.25) is 0 Å². The fourth-order valence-corrected chi connectivity index (χ4v) is 3.92. The summed E-state index contributed by atoms with van der Waals surface area (Å²) in [5.41, 5.74) is 8.34. The molecule has 0 saturated heterocycles. The largest absolute Gasteiger partial charge is 0.273 e. The van der Waals surface area contributed by atoms with Crippen LogP contribution in [0.2, 0.25) is 0 Å². The van der Waals surface area contributed by atoms with Crippen LogP contribution in [-0.2, 0) is 39.2 Å². The number of hydrogen-bond donors (Lipinski definition) is 0. The second kappa shape index (κ2) is 15.8. The monoisotopic (exact) mass is 488 g/mol. The van der Waals surface area contributed by atoms with Crippen LogP contribution in [0, 0.1) is 12.1 Å². The van der Waals surface area contributed by atoms with Crippen molar-refractivity contribution in [2.24, 2.45) is 0 Å². The first-order valence-electron chi connectivity index (χ1n) is 12.1. The van der Waals surface area contributed by atoms with Crippen molar-refractivity contribution >= 4 is 4.31 Å². The Morgan fingerprint density at radius 1 is 0.743 bits per heavy atom. The third-order valence-corrected chi connectivity index (χ3v) is 5.59. The number of aryl methyl sites for hydroxylation is 2. The van der Waals surface area contributed by atoms with Crippen molar-refractivity contribution in [1.82, 2.24) is 0 Å². The summed E-state index contributed by atoms with van der Waals surface area (Å²) < 4.78 is 2.00. The molecule has 2 aliphatic rings. The van der Waals surface area contributed by atoms with Gasteiger partial charge in [-0.15, -0.1) is 12.0 Å². The van der Waals surface area contributed by atoms with E-state index in [1.165, 1.54) is 33.4 Å². The molecule has 1 heteroatoms. The molecule has 4 aromatic rings. The minimum atomic E-state index is 1.01. The third-order valence-electron chi connectivity index (χ3n) is 5.59. The Labute approximate surface area is 223 Å². The average Bonchev–Trinajstić information content (AvgIpc) is 3.62. The van der Waals surface area contributed by atoms with Gasteiger partial charge in [-0.1, -0.05) is 96.1 Å².